The van der Waals surface area contributed by atoms with E-state index in [-0.39, 0.29) is 5.91 Å². The van der Waals surface area contributed by atoms with Gasteiger partial charge in [0.2, 0.25) is 5.95 Å². The van der Waals surface area contributed by atoms with Gasteiger partial charge in [-0.15, -0.1) is 0 Å². The van der Waals surface area contributed by atoms with Crippen molar-refractivity contribution in [2.24, 2.45) is 7.05 Å². The van der Waals surface area contributed by atoms with Crippen molar-refractivity contribution < 1.29 is 4.79 Å². The standard InChI is InChI=1S/C17H19N7O/c1-22-6-5-18-17(22)24-9-7-23(8-10-24)16(25)14-4-2-3-13(11-14)15-19-12-20-21-15/h2-6,11-12H,7-10H2,1H3,(H,19,20,21). The summed E-state index contributed by atoms with van der Waals surface area (Å²) in [5, 5.41) is 6.68. The molecule has 0 aliphatic carbocycles. The predicted octanol–water partition coefficient (Wildman–Crippen LogP) is 1.17. The minimum absolute atomic E-state index is 0.0425. The fraction of sp³-hybridized carbons (Fsp3) is 0.294. The summed E-state index contributed by atoms with van der Waals surface area (Å²) in [5.41, 5.74) is 1.52. The van der Waals surface area contributed by atoms with Crippen LogP contribution >= 0.6 is 0 Å². The molecule has 1 aromatic carbocycles. The van der Waals surface area contributed by atoms with Crippen LogP contribution in [0.25, 0.3) is 11.4 Å². The normalized spacial score (nSPS) is 14.8. The summed E-state index contributed by atoms with van der Waals surface area (Å²) in [6.07, 6.45) is 5.18. The summed E-state index contributed by atoms with van der Waals surface area (Å²) in [4.78, 5) is 25.4. The minimum Gasteiger partial charge on any atom is -0.339 e. The highest BCUT2D eigenvalue weighted by molar-refractivity contribution is 5.95. The topological polar surface area (TPSA) is 82.9 Å². The molecule has 0 bridgehead atoms. The zero-order valence-electron chi connectivity index (χ0n) is 14.0. The lowest BCUT2D eigenvalue weighted by molar-refractivity contribution is 0.0746. The molecule has 25 heavy (non-hydrogen) atoms. The zero-order valence-corrected chi connectivity index (χ0v) is 14.0. The molecule has 1 aliphatic rings. The first-order valence-corrected chi connectivity index (χ1v) is 8.20. The van der Waals surface area contributed by atoms with Crippen molar-refractivity contribution in [3.05, 3.63) is 48.5 Å². The molecule has 8 heteroatoms. The highest BCUT2D eigenvalue weighted by atomic mass is 16.2. The van der Waals surface area contributed by atoms with Crippen LogP contribution in [0.3, 0.4) is 0 Å². The number of nitrogens with zero attached hydrogens (tertiary/aromatic N) is 6. The first-order chi connectivity index (χ1) is 12.2. The maximum absolute atomic E-state index is 12.8. The van der Waals surface area contributed by atoms with E-state index in [4.69, 9.17) is 0 Å². The summed E-state index contributed by atoms with van der Waals surface area (Å²) in [7, 11) is 1.98. The molecule has 4 rings (SSSR count). The number of amides is 1. The number of carbonyl (C=O) groups excluding carboxylic acids is 1. The molecular formula is C17H19N7O. The number of aromatic amines is 1. The van der Waals surface area contributed by atoms with Crippen molar-refractivity contribution in [3.8, 4) is 11.4 Å². The average molecular weight is 337 g/mol. The third-order valence-electron chi connectivity index (χ3n) is 4.44. The zero-order chi connectivity index (χ0) is 17.2. The van der Waals surface area contributed by atoms with E-state index in [0.29, 0.717) is 24.5 Å². The van der Waals surface area contributed by atoms with Gasteiger partial charge in [-0.1, -0.05) is 12.1 Å². The fourth-order valence-corrected chi connectivity index (χ4v) is 3.10. The fourth-order valence-electron chi connectivity index (χ4n) is 3.10. The van der Waals surface area contributed by atoms with Gasteiger partial charge in [-0.3, -0.25) is 9.89 Å². The lowest BCUT2D eigenvalue weighted by Crippen LogP contribution is -2.49. The minimum atomic E-state index is 0.0425. The van der Waals surface area contributed by atoms with Crippen molar-refractivity contribution in [2.45, 2.75) is 0 Å². The molecule has 1 saturated heterocycles. The van der Waals surface area contributed by atoms with Crippen LogP contribution in [0.1, 0.15) is 10.4 Å². The highest BCUT2D eigenvalue weighted by Gasteiger charge is 2.24. The Balaban J connectivity index is 1.46. The van der Waals surface area contributed by atoms with Gasteiger partial charge in [0, 0.05) is 56.7 Å². The number of rotatable bonds is 3. The Morgan fingerprint density at radius 3 is 2.68 bits per heavy atom. The van der Waals surface area contributed by atoms with E-state index in [1.54, 1.807) is 6.20 Å². The molecule has 8 nitrogen and oxygen atoms in total. The molecule has 0 spiro atoms. The summed E-state index contributed by atoms with van der Waals surface area (Å²) in [6.45, 7) is 2.91. The molecule has 3 aromatic rings. The SMILES string of the molecule is Cn1ccnc1N1CCN(C(=O)c2cccc(-c3ncn[nH]3)c2)CC1. The Hall–Kier alpha value is -3.16. The number of aromatic nitrogens is 5. The summed E-state index contributed by atoms with van der Waals surface area (Å²) < 4.78 is 2.00. The van der Waals surface area contributed by atoms with Gasteiger partial charge in [-0.05, 0) is 12.1 Å². The number of imidazole rings is 1. The third kappa shape index (κ3) is 2.98. The molecule has 1 N–H and O–H groups in total. The van der Waals surface area contributed by atoms with E-state index in [9.17, 15) is 4.79 Å². The van der Waals surface area contributed by atoms with Gasteiger partial charge >= 0.3 is 0 Å². The first-order valence-electron chi connectivity index (χ1n) is 8.20. The third-order valence-corrected chi connectivity index (χ3v) is 4.44. The average Bonchev–Trinajstić information content (AvgIpc) is 3.33. The largest absolute Gasteiger partial charge is 0.339 e. The van der Waals surface area contributed by atoms with E-state index in [1.165, 1.54) is 6.33 Å². The number of anilines is 1. The van der Waals surface area contributed by atoms with E-state index >= 15 is 0 Å². The number of nitrogens with one attached hydrogen (secondary N) is 1. The van der Waals surface area contributed by atoms with E-state index < -0.39 is 0 Å². The Morgan fingerprint density at radius 1 is 1.16 bits per heavy atom. The lowest BCUT2D eigenvalue weighted by Gasteiger charge is -2.35. The number of carbonyl (C=O) groups is 1. The molecule has 0 atom stereocenters. The van der Waals surface area contributed by atoms with Gasteiger partial charge in [0.1, 0.15) is 6.33 Å². The smallest absolute Gasteiger partial charge is 0.253 e. The van der Waals surface area contributed by atoms with Gasteiger partial charge in [0.25, 0.3) is 5.91 Å². The van der Waals surface area contributed by atoms with Gasteiger partial charge in [-0.2, -0.15) is 5.10 Å². The van der Waals surface area contributed by atoms with Crippen molar-refractivity contribution in [1.82, 2.24) is 29.6 Å². The predicted molar refractivity (Wildman–Crippen MR) is 93.1 cm³/mol. The number of piperazine rings is 1. The molecule has 128 valence electrons. The van der Waals surface area contributed by atoms with Crippen molar-refractivity contribution in [1.29, 1.82) is 0 Å². The van der Waals surface area contributed by atoms with Crippen LogP contribution < -0.4 is 4.90 Å². The van der Waals surface area contributed by atoms with E-state index in [2.05, 4.69) is 25.1 Å². The second-order valence-electron chi connectivity index (χ2n) is 6.03. The van der Waals surface area contributed by atoms with Crippen molar-refractivity contribution in [2.75, 3.05) is 31.1 Å². The van der Waals surface area contributed by atoms with Crippen LogP contribution in [0.2, 0.25) is 0 Å². The number of benzene rings is 1. The monoisotopic (exact) mass is 337 g/mol. The van der Waals surface area contributed by atoms with Crippen LogP contribution in [0.15, 0.2) is 43.0 Å². The maximum atomic E-state index is 12.8. The number of hydrogen-bond acceptors (Lipinski definition) is 5. The number of hydrogen-bond donors (Lipinski definition) is 1. The van der Waals surface area contributed by atoms with Crippen LogP contribution in [0.4, 0.5) is 5.95 Å². The highest BCUT2D eigenvalue weighted by Crippen LogP contribution is 2.18. The van der Waals surface area contributed by atoms with Crippen LogP contribution in [0.5, 0.6) is 0 Å². The second-order valence-corrected chi connectivity index (χ2v) is 6.03. The molecule has 0 saturated carbocycles. The Labute approximate surface area is 145 Å². The molecule has 3 heterocycles. The molecule has 1 amide bonds. The second kappa shape index (κ2) is 6.39. The molecule has 1 aliphatic heterocycles. The van der Waals surface area contributed by atoms with Gasteiger partial charge < -0.3 is 14.4 Å². The summed E-state index contributed by atoms with van der Waals surface area (Å²) >= 11 is 0. The summed E-state index contributed by atoms with van der Waals surface area (Å²) in [5.74, 6) is 1.65. The Morgan fingerprint density at radius 2 is 2.00 bits per heavy atom. The molecule has 1 fully saturated rings. The van der Waals surface area contributed by atoms with Gasteiger partial charge in [-0.25, -0.2) is 9.97 Å². The molecule has 0 radical (unpaired) electrons. The molecule has 0 unspecified atom stereocenters. The Bertz CT molecular complexity index is 863. The van der Waals surface area contributed by atoms with Gasteiger partial charge in [0.15, 0.2) is 5.82 Å². The van der Waals surface area contributed by atoms with Crippen LogP contribution in [0, 0.1) is 0 Å². The van der Waals surface area contributed by atoms with Gasteiger partial charge in [0.05, 0.1) is 0 Å². The molecular weight excluding hydrogens is 318 g/mol. The van der Waals surface area contributed by atoms with Crippen LogP contribution in [-0.4, -0.2) is 61.7 Å². The quantitative estimate of drug-likeness (QED) is 0.776. The number of aryl methyl sites for hydroxylation is 1. The Kier molecular flexibility index (Phi) is 3.93. The maximum Gasteiger partial charge on any atom is 0.253 e. The number of H-pyrrole nitrogens is 1. The first kappa shape index (κ1) is 15.4. The van der Waals surface area contributed by atoms with Crippen LogP contribution in [-0.2, 0) is 7.05 Å². The lowest BCUT2D eigenvalue weighted by atomic mass is 10.1. The van der Waals surface area contributed by atoms with E-state index in [1.807, 2.05) is 47.0 Å². The summed E-state index contributed by atoms with van der Waals surface area (Å²) in [6, 6.07) is 7.48. The van der Waals surface area contributed by atoms with Crippen molar-refractivity contribution in [3.63, 3.8) is 0 Å². The molecule has 2 aromatic heterocycles. The van der Waals surface area contributed by atoms with E-state index in [0.717, 1.165) is 24.6 Å². The van der Waals surface area contributed by atoms with Crippen molar-refractivity contribution >= 4 is 11.9 Å².